The normalized spacial score (nSPS) is 24.0. The van der Waals surface area contributed by atoms with E-state index >= 15 is 0 Å². The highest BCUT2D eigenvalue weighted by molar-refractivity contribution is 6.31. The highest BCUT2D eigenvalue weighted by atomic mass is 35.5. The van der Waals surface area contributed by atoms with E-state index in [9.17, 15) is 9.59 Å². The fourth-order valence-corrected chi connectivity index (χ4v) is 4.57. The Labute approximate surface area is 161 Å². The molecule has 2 aliphatic rings. The Kier molecular flexibility index (Phi) is 5.91. The SMILES string of the molecule is CCN(CC)C(=O)C1(NC(=O)C2CC2c2ccccc2Cl)CCCCC1. The maximum absolute atomic E-state index is 13.2. The molecule has 2 atom stereocenters. The maximum Gasteiger partial charge on any atom is 0.248 e. The largest absolute Gasteiger partial charge is 0.341 e. The standard InChI is InChI=1S/C21H29ClN2O2/c1-3-24(4-2)20(26)21(12-8-5-9-13-21)23-19(25)17-14-16(17)15-10-6-7-11-18(15)22/h6-7,10-11,16-17H,3-5,8-9,12-14H2,1-2H3,(H,23,25). The zero-order valence-electron chi connectivity index (χ0n) is 15.8. The first-order valence-electron chi connectivity index (χ1n) is 9.88. The van der Waals surface area contributed by atoms with Crippen LogP contribution in [0.1, 0.15) is 63.9 Å². The molecule has 0 bridgehead atoms. The van der Waals surface area contributed by atoms with E-state index in [1.54, 1.807) is 0 Å². The van der Waals surface area contributed by atoms with Crippen molar-refractivity contribution in [2.45, 2.75) is 63.8 Å². The molecule has 2 aliphatic carbocycles. The Morgan fingerprint density at radius 1 is 1.15 bits per heavy atom. The molecule has 2 saturated carbocycles. The Morgan fingerprint density at radius 3 is 2.42 bits per heavy atom. The molecule has 1 aromatic carbocycles. The molecule has 26 heavy (non-hydrogen) atoms. The number of hydrogen-bond donors (Lipinski definition) is 1. The molecule has 0 saturated heterocycles. The van der Waals surface area contributed by atoms with Crippen LogP contribution in [0.5, 0.6) is 0 Å². The summed E-state index contributed by atoms with van der Waals surface area (Å²) in [6.07, 6.45) is 5.42. The topological polar surface area (TPSA) is 49.4 Å². The Hall–Kier alpha value is -1.55. The van der Waals surface area contributed by atoms with Crippen molar-refractivity contribution in [3.63, 3.8) is 0 Å². The van der Waals surface area contributed by atoms with Crippen molar-refractivity contribution in [1.82, 2.24) is 10.2 Å². The van der Waals surface area contributed by atoms with Crippen molar-refractivity contribution in [1.29, 1.82) is 0 Å². The van der Waals surface area contributed by atoms with Gasteiger partial charge >= 0.3 is 0 Å². The summed E-state index contributed by atoms with van der Waals surface area (Å²) in [5, 5.41) is 3.91. The van der Waals surface area contributed by atoms with Crippen LogP contribution in [-0.4, -0.2) is 35.3 Å². The zero-order valence-corrected chi connectivity index (χ0v) is 16.5. The second kappa shape index (κ2) is 7.99. The first-order valence-corrected chi connectivity index (χ1v) is 10.3. The molecule has 142 valence electrons. The van der Waals surface area contributed by atoms with Gasteiger partial charge in [-0.15, -0.1) is 0 Å². The molecule has 5 heteroatoms. The van der Waals surface area contributed by atoms with Gasteiger partial charge in [-0.3, -0.25) is 9.59 Å². The number of amides is 2. The minimum Gasteiger partial charge on any atom is -0.341 e. The lowest BCUT2D eigenvalue weighted by atomic mass is 9.80. The number of rotatable bonds is 6. The molecule has 3 rings (SSSR count). The summed E-state index contributed by atoms with van der Waals surface area (Å²) in [4.78, 5) is 28.0. The van der Waals surface area contributed by atoms with Gasteiger partial charge in [0, 0.05) is 24.0 Å². The van der Waals surface area contributed by atoms with Gasteiger partial charge < -0.3 is 10.2 Å². The van der Waals surface area contributed by atoms with E-state index in [0.29, 0.717) is 13.1 Å². The number of carbonyl (C=O) groups is 2. The van der Waals surface area contributed by atoms with Gasteiger partial charge in [-0.2, -0.15) is 0 Å². The lowest BCUT2D eigenvalue weighted by Gasteiger charge is -2.40. The van der Waals surface area contributed by atoms with Crippen molar-refractivity contribution in [3.05, 3.63) is 34.9 Å². The molecule has 2 amide bonds. The third kappa shape index (κ3) is 3.75. The van der Waals surface area contributed by atoms with Crippen molar-refractivity contribution in [2.24, 2.45) is 5.92 Å². The van der Waals surface area contributed by atoms with Gasteiger partial charge in [0.15, 0.2) is 0 Å². The molecular weight excluding hydrogens is 348 g/mol. The second-order valence-corrected chi connectivity index (χ2v) is 7.99. The Morgan fingerprint density at radius 2 is 1.81 bits per heavy atom. The summed E-state index contributed by atoms with van der Waals surface area (Å²) in [6.45, 7) is 5.35. The number of nitrogens with zero attached hydrogens (tertiary/aromatic N) is 1. The maximum atomic E-state index is 13.2. The fraction of sp³-hybridized carbons (Fsp3) is 0.619. The molecule has 4 nitrogen and oxygen atoms in total. The van der Waals surface area contributed by atoms with E-state index in [2.05, 4.69) is 5.32 Å². The fourth-order valence-electron chi connectivity index (χ4n) is 4.29. The first kappa shape index (κ1) is 19.2. The number of nitrogens with one attached hydrogen (secondary N) is 1. The summed E-state index contributed by atoms with van der Waals surface area (Å²) in [7, 11) is 0. The second-order valence-electron chi connectivity index (χ2n) is 7.58. The van der Waals surface area contributed by atoms with Crippen LogP contribution in [-0.2, 0) is 9.59 Å². The van der Waals surface area contributed by atoms with Gasteiger partial charge in [-0.05, 0) is 50.7 Å². The van der Waals surface area contributed by atoms with E-state index in [-0.39, 0.29) is 23.7 Å². The van der Waals surface area contributed by atoms with Crippen molar-refractivity contribution in [3.8, 4) is 0 Å². The van der Waals surface area contributed by atoms with Crippen LogP contribution in [0.4, 0.5) is 0 Å². The van der Waals surface area contributed by atoms with Crippen molar-refractivity contribution >= 4 is 23.4 Å². The van der Waals surface area contributed by atoms with E-state index in [1.807, 2.05) is 43.0 Å². The number of carbonyl (C=O) groups excluding carboxylic acids is 2. The molecule has 1 aromatic rings. The lowest BCUT2D eigenvalue weighted by Crippen LogP contribution is -2.60. The van der Waals surface area contributed by atoms with Gasteiger partial charge in [0.2, 0.25) is 11.8 Å². The number of benzene rings is 1. The minimum atomic E-state index is -0.713. The van der Waals surface area contributed by atoms with Crippen LogP contribution in [0.3, 0.4) is 0 Å². The Balaban J connectivity index is 1.73. The molecule has 0 radical (unpaired) electrons. The summed E-state index contributed by atoms with van der Waals surface area (Å²) < 4.78 is 0. The zero-order chi connectivity index (χ0) is 18.7. The summed E-state index contributed by atoms with van der Waals surface area (Å²) >= 11 is 6.29. The third-order valence-electron chi connectivity index (χ3n) is 5.96. The highest BCUT2D eigenvalue weighted by Gasteiger charge is 2.49. The Bertz CT molecular complexity index is 666. The average molecular weight is 377 g/mol. The van der Waals surface area contributed by atoms with Crippen LogP contribution in [0, 0.1) is 5.92 Å². The average Bonchev–Trinajstić information content (AvgIpc) is 3.44. The monoisotopic (exact) mass is 376 g/mol. The van der Waals surface area contributed by atoms with Gasteiger partial charge in [0.25, 0.3) is 0 Å². The molecule has 1 N–H and O–H groups in total. The van der Waals surface area contributed by atoms with Crippen LogP contribution in [0.2, 0.25) is 5.02 Å². The number of halogens is 1. The predicted octanol–water partition coefficient (Wildman–Crippen LogP) is 4.13. The quantitative estimate of drug-likeness (QED) is 0.811. The third-order valence-corrected chi connectivity index (χ3v) is 6.31. The van der Waals surface area contributed by atoms with Gasteiger partial charge in [0.05, 0.1) is 0 Å². The van der Waals surface area contributed by atoms with Crippen LogP contribution < -0.4 is 5.32 Å². The van der Waals surface area contributed by atoms with Crippen LogP contribution in [0.15, 0.2) is 24.3 Å². The minimum absolute atomic E-state index is 0.0114. The van der Waals surface area contributed by atoms with E-state index in [1.165, 1.54) is 0 Å². The molecule has 0 heterocycles. The van der Waals surface area contributed by atoms with Gasteiger partial charge in [0.1, 0.15) is 5.54 Å². The summed E-state index contributed by atoms with van der Waals surface area (Å²) in [5.41, 5.74) is 0.330. The lowest BCUT2D eigenvalue weighted by molar-refractivity contribution is -0.143. The number of hydrogen-bond acceptors (Lipinski definition) is 2. The highest BCUT2D eigenvalue weighted by Crippen LogP contribution is 2.50. The molecule has 0 spiro atoms. The van der Waals surface area contributed by atoms with Crippen LogP contribution >= 0.6 is 11.6 Å². The predicted molar refractivity (Wildman–Crippen MR) is 104 cm³/mol. The van der Waals surface area contributed by atoms with Gasteiger partial charge in [-0.25, -0.2) is 0 Å². The van der Waals surface area contributed by atoms with E-state index in [4.69, 9.17) is 11.6 Å². The van der Waals surface area contributed by atoms with Gasteiger partial charge in [-0.1, -0.05) is 49.1 Å². The van der Waals surface area contributed by atoms with E-state index in [0.717, 1.165) is 49.1 Å². The van der Waals surface area contributed by atoms with Crippen molar-refractivity contribution < 1.29 is 9.59 Å². The van der Waals surface area contributed by atoms with Crippen molar-refractivity contribution in [2.75, 3.05) is 13.1 Å². The van der Waals surface area contributed by atoms with Crippen LogP contribution in [0.25, 0.3) is 0 Å². The molecule has 0 aliphatic heterocycles. The first-order chi connectivity index (χ1) is 12.5. The number of likely N-dealkylation sites (N-methyl/N-ethyl adjacent to an activating group) is 1. The molecule has 2 unspecified atom stereocenters. The summed E-state index contributed by atoms with van der Waals surface area (Å²) in [6, 6.07) is 7.73. The molecular formula is C21H29ClN2O2. The van der Waals surface area contributed by atoms with E-state index < -0.39 is 5.54 Å². The molecule has 2 fully saturated rings. The smallest absolute Gasteiger partial charge is 0.248 e. The molecule has 0 aromatic heterocycles. The summed E-state index contributed by atoms with van der Waals surface area (Å²) in [5.74, 6) is 0.203.